The fourth-order valence-corrected chi connectivity index (χ4v) is 2.83. The van der Waals surface area contributed by atoms with Crippen molar-refractivity contribution in [2.24, 2.45) is 11.8 Å². The molecule has 0 aliphatic heterocycles. The second kappa shape index (κ2) is 5.87. The van der Waals surface area contributed by atoms with E-state index in [2.05, 4.69) is 0 Å². The summed E-state index contributed by atoms with van der Waals surface area (Å²) in [5.41, 5.74) is 0.543. The molecule has 0 spiro atoms. The fraction of sp³-hybridized carbons (Fsp3) is 0.467. The molecule has 1 aliphatic carbocycles. The van der Waals surface area contributed by atoms with Crippen molar-refractivity contribution in [3.8, 4) is 5.75 Å². The molecule has 2 atom stereocenters. The minimum absolute atomic E-state index is 0.0319. The van der Waals surface area contributed by atoms with Crippen LogP contribution in [0.1, 0.15) is 36.0 Å². The maximum atomic E-state index is 12.3. The van der Waals surface area contributed by atoms with Crippen LogP contribution >= 0.6 is 0 Å². The maximum absolute atomic E-state index is 12.3. The van der Waals surface area contributed by atoms with E-state index >= 15 is 0 Å². The average Bonchev–Trinajstić information content (AvgIpc) is 2.87. The Bertz CT molecular complexity index is 481. The van der Waals surface area contributed by atoms with Crippen molar-refractivity contribution < 1.29 is 19.4 Å². The van der Waals surface area contributed by atoms with Gasteiger partial charge in [-0.2, -0.15) is 0 Å². The molecular weight excluding hydrogens is 244 g/mol. The first kappa shape index (κ1) is 13.6. The molecular formula is C15H18O4. The lowest BCUT2D eigenvalue weighted by Crippen LogP contribution is -2.21. The quantitative estimate of drug-likeness (QED) is 0.829. The van der Waals surface area contributed by atoms with Gasteiger partial charge in [-0.05, 0) is 30.9 Å². The number of hydrogen-bond acceptors (Lipinski definition) is 3. The maximum Gasteiger partial charge on any atom is 0.306 e. The van der Waals surface area contributed by atoms with Crippen LogP contribution < -0.4 is 4.74 Å². The van der Waals surface area contributed by atoms with Gasteiger partial charge in [-0.15, -0.1) is 0 Å². The number of aliphatic carboxylic acids is 1. The molecule has 1 aromatic carbocycles. The van der Waals surface area contributed by atoms with Crippen LogP contribution in [0.15, 0.2) is 24.3 Å². The third kappa shape index (κ3) is 2.95. The highest BCUT2D eigenvalue weighted by Gasteiger charge is 2.34. The number of para-hydroxylation sites is 1. The van der Waals surface area contributed by atoms with Crippen LogP contribution in [-0.4, -0.2) is 24.0 Å². The Balaban J connectivity index is 2.10. The lowest BCUT2D eigenvalue weighted by Gasteiger charge is -2.15. The van der Waals surface area contributed by atoms with Crippen LogP contribution in [0.25, 0.3) is 0 Å². The number of ether oxygens (including phenoxy) is 1. The lowest BCUT2D eigenvalue weighted by molar-refractivity contribution is -0.142. The molecule has 0 radical (unpaired) electrons. The van der Waals surface area contributed by atoms with Crippen molar-refractivity contribution in [2.75, 3.05) is 7.11 Å². The van der Waals surface area contributed by atoms with E-state index < -0.39 is 5.97 Å². The van der Waals surface area contributed by atoms with Gasteiger partial charge in [0.15, 0.2) is 5.78 Å². The number of carboxylic acid groups (broad SMARTS) is 1. The Morgan fingerprint density at radius 2 is 2.05 bits per heavy atom. The average molecular weight is 262 g/mol. The minimum atomic E-state index is -0.782. The molecule has 102 valence electrons. The molecule has 0 aromatic heterocycles. The third-order valence-electron chi connectivity index (χ3n) is 3.83. The van der Waals surface area contributed by atoms with E-state index in [4.69, 9.17) is 9.84 Å². The number of carbonyl (C=O) groups is 2. The topological polar surface area (TPSA) is 63.6 Å². The smallest absolute Gasteiger partial charge is 0.306 e. The van der Waals surface area contributed by atoms with Crippen LogP contribution in [0.2, 0.25) is 0 Å². The molecule has 4 heteroatoms. The van der Waals surface area contributed by atoms with Gasteiger partial charge in [0.25, 0.3) is 0 Å². The van der Waals surface area contributed by atoms with Crippen LogP contribution in [0.3, 0.4) is 0 Å². The van der Waals surface area contributed by atoms with Crippen molar-refractivity contribution in [3.05, 3.63) is 29.8 Å². The summed E-state index contributed by atoms with van der Waals surface area (Å²) < 4.78 is 5.17. The van der Waals surface area contributed by atoms with Gasteiger partial charge in [-0.1, -0.05) is 18.6 Å². The van der Waals surface area contributed by atoms with Crippen molar-refractivity contribution in [3.63, 3.8) is 0 Å². The molecule has 0 saturated heterocycles. The Morgan fingerprint density at radius 3 is 2.74 bits per heavy atom. The van der Waals surface area contributed by atoms with E-state index in [1.807, 2.05) is 6.07 Å². The Morgan fingerprint density at radius 1 is 1.32 bits per heavy atom. The number of ketones is 1. The molecule has 1 N–H and O–H groups in total. The predicted molar refractivity (Wildman–Crippen MR) is 70.4 cm³/mol. The summed E-state index contributed by atoms with van der Waals surface area (Å²) in [6.45, 7) is 0. The molecule has 1 fully saturated rings. The number of rotatable bonds is 5. The van der Waals surface area contributed by atoms with E-state index in [-0.39, 0.29) is 24.0 Å². The molecule has 1 aliphatic rings. The molecule has 2 rings (SSSR count). The highest BCUT2D eigenvalue weighted by Crippen LogP contribution is 2.35. The van der Waals surface area contributed by atoms with E-state index in [0.717, 1.165) is 12.8 Å². The monoisotopic (exact) mass is 262 g/mol. The van der Waals surface area contributed by atoms with Crippen LogP contribution in [0, 0.1) is 11.8 Å². The summed E-state index contributed by atoms with van der Waals surface area (Å²) in [6.07, 6.45) is 2.68. The number of carboxylic acids is 1. The molecule has 1 aromatic rings. The Kier molecular flexibility index (Phi) is 4.20. The lowest BCUT2D eigenvalue weighted by atomic mass is 9.89. The van der Waals surface area contributed by atoms with E-state index in [1.165, 1.54) is 7.11 Å². The zero-order chi connectivity index (χ0) is 13.8. The highest BCUT2D eigenvalue weighted by molar-refractivity contribution is 5.99. The number of carbonyl (C=O) groups excluding carboxylic acids is 1. The fourth-order valence-electron chi connectivity index (χ4n) is 2.83. The third-order valence-corrected chi connectivity index (χ3v) is 3.83. The SMILES string of the molecule is COc1ccccc1C(=O)CC1CCCC1C(=O)O. The standard InChI is InChI=1S/C15H18O4/c1-19-14-8-3-2-6-12(14)13(16)9-10-5-4-7-11(10)15(17)18/h2-3,6,8,10-11H,4-5,7,9H2,1H3,(H,17,18). The summed E-state index contributed by atoms with van der Waals surface area (Å²) in [5.74, 6) is -0.683. The van der Waals surface area contributed by atoms with Gasteiger partial charge in [0, 0.05) is 6.42 Å². The molecule has 0 amide bonds. The Hall–Kier alpha value is -1.84. The van der Waals surface area contributed by atoms with Crippen molar-refractivity contribution >= 4 is 11.8 Å². The molecule has 19 heavy (non-hydrogen) atoms. The number of Topliss-reactive ketones (excluding diaryl/α,β-unsaturated/α-hetero) is 1. The van der Waals surface area contributed by atoms with Gasteiger partial charge < -0.3 is 9.84 Å². The first-order valence-electron chi connectivity index (χ1n) is 6.52. The van der Waals surface area contributed by atoms with Gasteiger partial charge in [0.05, 0.1) is 18.6 Å². The van der Waals surface area contributed by atoms with Gasteiger partial charge in [0.1, 0.15) is 5.75 Å². The molecule has 0 heterocycles. The van der Waals surface area contributed by atoms with E-state index in [9.17, 15) is 9.59 Å². The minimum Gasteiger partial charge on any atom is -0.496 e. The van der Waals surface area contributed by atoms with Crippen LogP contribution in [0.5, 0.6) is 5.75 Å². The second-order valence-corrected chi connectivity index (χ2v) is 4.96. The van der Waals surface area contributed by atoms with Crippen LogP contribution in [0.4, 0.5) is 0 Å². The van der Waals surface area contributed by atoms with Gasteiger partial charge in [-0.3, -0.25) is 9.59 Å². The van der Waals surface area contributed by atoms with Crippen molar-refractivity contribution in [1.29, 1.82) is 0 Å². The molecule has 4 nitrogen and oxygen atoms in total. The molecule has 2 unspecified atom stereocenters. The first-order chi connectivity index (χ1) is 9.13. The largest absolute Gasteiger partial charge is 0.496 e. The van der Waals surface area contributed by atoms with Gasteiger partial charge >= 0.3 is 5.97 Å². The summed E-state index contributed by atoms with van der Waals surface area (Å²) in [4.78, 5) is 23.4. The number of methoxy groups -OCH3 is 1. The molecule has 0 bridgehead atoms. The summed E-state index contributed by atoms with van der Waals surface area (Å²) in [5, 5.41) is 9.13. The summed E-state index contributed by atoms with van der Waals surface area (Å²) in [7, 11) is 1.53. The molecule has 1 saturated carbocycles. The number of hydrogen-bond donors (Lipinski definition) is 1. The van der Waals surface area contributed by atoms with Crippen molar-refractivity contribution in [1.82, 2.24) is 0 Å². The second-order valence-electron chi connectivity index (χ2n) is 4.96. The van der Waals surface area contributed by atoms with Crippen molar-refractivity contribution in [2.45, 2.75) is 25.7 Å². The van der Waals surface area contributed by atoms with Gasteiger partial charge in [0.2, 0.25) is 0 Å². The summed E-state index contributed by atoms with van der Waals surface area (Å²) in [6, 6.07) is 7.08. The first-order valence-corrected chi connectivity index (χ1v) is 6.52. The predicted octanol–water partition coefficient (Wildman–Crippen LogP) is 2.77. The van der Waals surface area contributed by atoms with E-state index in [1.54, 1.807) is 18.2 Å². The van der Waals surface area contributed by atoms with Gasteiger partial charge in [-0.25, -0.2) is 0 Å². The van der Waals surface area contributed by atoms with E-state index in [0.29, 0.717) is 17.7 Å². The zero-order valence-corrected chi connectivity index (χ0v) is 11.0. The normalized spacial score (nSPS) is 22.2. The zero-order valence-electron chi connectivity index (χ0n) is 11.0. The Labute approximate surface area is 112 Å². The highest BCUT2D eigenvalue weighted by atomic mass is 16.5. The number of benzene rings is 1. The van der Waals surface area contributed by atoms with Crippen LogP contribution in [-0.2, 0) is 4.79 Å². The summed E-state index contributed by atoms with van der Waals surface area (Å²) >= 11 is 0.